The Bertz CT molecular complexity index is 705. The summed E-state index contributed by atoms with van der Waals surface area (Å²) in [4.78, 5) is 39.1. The van der Waals surface area contributed by atoms with Gasteiger partial charge in [0.25, 0.3) is 5.91 Å². The number of rotatable bonds is 7. The molecule has 154 valence electrons. The van der Waals surface area contributed by atoms with Crippen molar-refractivity contribution < 1.29 is 24.2 Å². The van der Waals surface area contributed by atoms with Crippen LogP contribution in [0.2, 0.25) is 0 Å². The number of hydrogen-bond acceptors (Lipinski definition) is 4. The molecule has 2 atom stereocenters. The molecule has 1 aliphatic heterocycles. The van der Waals surface area contributed by atoms with Gasteiger partial charge in [-0.1, -0.05) is 13.0 Å². The standard InChI is InChI=1S/C20H29N3O5/c1-4-22(5-2)18(24)13-28-17-8-6-7-16(10-17)21-20(27)23-11-14(3)9-15(12-23)19(25)26/h6-8,10,14-15H,4-5,9,11-13H2,1-3H3,(H,21,27)(H,25,26). The molecule has 28 heavy (non-hydrogen) atoms. The van der Waals surface area contributed by atoms with E-state index in [0.29, 0.717) is 37.5 Å². The van der Waals surface area contributed by atoms with Crippen molar-refractivity contribution in [2.45, 2.75) is 27.2 Å². The number of piperidine rings is 1. The summed E-state index contributed by atoms with van der Waals surface area (Å²) in [7, 11) is 0. The molecule has 0 radical (unpaired) electrons. The molecule has 1 aromatic rings. The maximum absolute atomic E-state index is 12.5. The number of hydrogen-bond donors (Lipinski definition) is 2. The summed E-state index contributed by atoms with van der Waals surface area (Å²) in [6, 6.07) is 6.48. The van der Waals surface area contributed by atoms with E-state index in [2.05, 4.69) is 5.32 Å². The van der Waals surface area contributed by atoms with E-state index in [1.54, 1.807) is 29.2 Å². The quantitative estimate of drug-likeness (QED) is 0.744. The van der Waals surface area contributed by atoms with E-state index < -0.39 is 11.9 Å². The summed E-state index contributed by atoms with van der Waals surface area (Å²) >= 11 is 0. The Hall–Kier alpha value is -2.77. The highest BCUT2D eigenvalue weighted by atomic mass is 16.5. The van der Waals surface area contributed by atoms with Crippen molar-refractivity contribution in [3.63, 3.8) is 0 Å². The number of benzene rings is 1. The van der Waals surface area contributed by atoms with Gasteiger partial charge in [-0.2, -0.15) is 0 Å². The van der Waals surface area contributed by atoms with E-state index >= 15 is 0 Å². The molecule has 0 saturated carbocycles. The van der Waals surface area contributed by atoms with Gasteiger partial charge in [0.2, 0.25) is 0 Å². The average molecular weight is 391 g/mol. The molecule has 1 aromatic carbocycles. The fourth-order valence-electron chi connectivity index (χ4n) is 3.38. The van der Waals surface area contributed by atoms with E-state index in [4.69, 9.17) is 4.74 Å². The Morgan fingerprint density at radius 2 is 1.96 bits per heavy atom. The highest BCUT2D eigenvalue weighted by Gasteiger charge is 2.31. The monoisotopic (exact) mass is 391 g/mol. The summed E-state index contributed by atoms with van der Waals surface area (Å²) in [5.41, 5.74) is 0.530. The van der Waals surface area contributed by atoms with Crippen molar-refractivity contribution in [1.82, 2.24) is 9.80 Å². The molecule has 0 aromatic heterocycles. The van der Waals surface area contributed by atoms with Crippen LogP contribution < -0.4 is 10.1 Å². The van der Waals surface area contributed by atoms with Gasteiger partial charge in [0.1, 0.15) is 5.75 Å². The minimum Gasteiger partial charge on any atom is -0.484 e. The van der Waals surface area contributed by atoms with Crippen LogP contribution in [0.25, 0.3) is 0 Å². The molecule has 2 N–H and O–H groups in total. The fourth-order valence-corrected chi connectivity index (χ4v) is 3.38. The third-order valence-electron chi connectivity index (χ3n) is 4.86. The molecular formula is C20H29N3O5. The number of ether oxygens (including phenoxy) is 1. The zero-order valence-corrected chi connectivity index (χ0v) is 16.7. The van der Waals surface area contributed by atoms with Crippen LogP contribution in [0, 0.1) is 11.8 Å². The highest BCUT2D eigenvalue weighted by molar-refractivity contribution is 5.90. The van der Waals surface area contributed by atoms with E-state index in [-0.39, 0.29) is 31.0 Å². The van der Waals surface area contributed by atoms with Crippen molar-refractivity contribution in [2.75, 3.05) is 38.1 Å². The zero-order chi connectivity index (χ0) is 20.7. The molecular weight excluding hydrogens is 362 g/mol. The van der Waals surface area contributed by atoms with Gasteiger partial charge in [0.15, 0.2) is 6.61 Å². The lowest BCUT2D eigenvalue weighted by atomic mass is 9.91. The van der Waals surface area contributed by atoms with Crippen molar-refractivity contribution >= 4 is 23.6 Å². The molecule has 1 heterocycles. The predicted molar refractivity (Wildman–Crippen MR) is 105 cm³/mol. The average Bonchev–Trinajstić information content (AvgIpc) is 2.67. The molecule has 0 spiro atoms. The Balaban J connectivity index is 1.95. The topological polar surface area (TPSA) is 99.2 Å². The number of carbonyl (C=O) groups excluding carboxylic acids is 2. The Labute approximate surface area is 165 Å². The van der Waals surface area contributed by atoms with Crippen LogP contribution in [0.4, 0.5) is 10.5 Å². The molecule has 0 aliphatic carbocycles. The van der Waals surface area contributed by atoms with Crippen LogP contribution in [0.5, 0.6) is 5.75 Å². The first-order chi connectivity index (χ1) is 13.3. The molecule has 8 nitrogen and oxygen atoms in total. The number of likely N-dealkylation sites (N-methyl/N-ethyl adjacent to an activating group) is 1. The number of nitrogens with one attached hydrogen (secondary N) is 1. The van der Waals surface area contributed by atoms with Crippen molar-refractivity contribution in [2.24, 2.45) is 11.8 Å². The number of amides is 3. The second-order valence-electron chi connectivity index (χ2n) is 7.09. The van der Waals surface area contributed by atoms with Crippen molar-refractivity contribution in [3.8, 4) is 5.75 Å². The fraction of sp³-hybridized carbons (Fsp3) is 0.550. The van der Waals surface area contributed by atoms with Gasteiger partial charge in [0.05, 0.1) is 5.92 Å². The lowest BCUT2D eigenvalue weighted by Gasteiger charge is -2.34. The van der Waals surface area contributed by atoms with Crippen molar-refractivity contribution in [3.05, 3.63) is 24.3 Å². The first-order valence-corrected chi connectivity index (χ1v) is 9.63. The normalized spacial score (nSPS) is 19.0. The molecule has 1 aliphatic rings. The molecule has 2 rings (SSSR count). The number of nitrogens with zero attached hydrogens (tertiary/aromatic N) is 2. The van der Waals surface area contributed by atoms with E-state index in [1.807, 2.05) is 20.8 Å². The van der Waals surface area contributed by atoms with Crippen LogP contribution in [-0.4, -0.2) is 65.6 Å². The number of anilines is 1. The summed E-state index contributed by atoms with van der Waals surface area (Å²) in [5.74, 6) is -0.913. The van der Waals surface area contributed by atoms with Crippen LogP contribution in [0.3, 0.4) is 0 Å². The second-order valence-corrected chi connectivity index (χ2v) is 7.09. The largest absolute Gasteiger partial charge is 0.484 e. The van der Waals surface area contributed by atoms with Gasteiger partial charge in [-0.3, -0.25) is 9.59 Å². The number of urea groups is 1. The molecule has 8 heteroatoms. The summed E-state index contributed by atoms with van der Waals surface area (Å²) in [5, 5.41) is 12.0. The van der Waals surface area contributed by atoms with Crippen LogP contribution in [0.1, 0.15) is 27.2 Å². The third kappa shape index (κ3) is 5.87. The zero-order valence-electron chi connectivity index (χ0n) is 16.7. The number of carboxylic acids is 1. The van der Waals surface area contributed by atoms with E-state index in [0.717, 1.165) is 0 Å². The van der Waals surface area contributed by atoms with Crippen LogP contribution in [-0.2, 0) is 9.59 Å². The van der Waals surface area contributed by atoms with E-state index in [9.17, 15) is 19.5 Å². The maximum Gasteiger partial charge on any atom is 0.321 e. The summed E-state index contributed by atoms with van der Waals surface area (Å²) < 4.78 is 5.55. The third-order valence-corrected chi connectivity index (χ3v) is 4.86. The highest BCUT2D eigenvalue weighted by Crippen LogP contribution is 2.23. The van der Waals surface area contributed by atoms with Gasteiger partial charge in [0, 0.05) is 37.9 Å². The van der Waals surface area contributed by atoms with Crippen molar-refractivity contribution in [1.29, 1.82) is 0 Å². The van der Waals surface area contributed by atoms with Gasteiger partial charge < -0.3 is 25.0 Å². The van der Waals surface area contributed by atoms with E-state index in [1.165, 1.54) is 4.90 Å². The Kier molecular flexibility index (Phi) is 7.66. The predicted octanol–water partition coefficient (Wildman–Crippen LogP) is 2.51. The number of aliphatic carboxylic acids is 1. The lowest BCUT2D eigenvalue weighted by molar-refractivity contribution is -0.143. The first-order valence-electron chi connectivity index (χ1n) is 9.63. The van der Waals surface area contributed by atoms with Crippen LogP contribution >= 0.6 is 0 Å². The molecule has 1 saturated heterocycles. The lowest BCUT2D eigenvalue weighted by Crippen LogP contribution is -2.47. The minimum absolute atomic E-state index is 0.0665. The van der Waals surface area contributed by atoms with Gasteiger partial charge in [-0.05, 0) is 38.3 Å². The van der Waals surface area contributed by atoms with Gasteiger partial charge >= 0.3 is 12.0 Å². The second kappa shape index (κ2) is 9.96. The smallest absolute Gasteiger partial charge is 0.321 e. The van der Waals surface area contributed by atoms with Crippen LogP contribution in [0.15, 0.2) is 24.3 Å². The van der Waals surface area contributed by atoms with Gasteiger partial charge in [-0.15, -0.1) is 0 Å². The molecule has 3 amide bonds. The molecule has 2 unspecified atom stereocenters. The van der Waals surface area contributed by atoms with Gasteiger partial charge in [-0.25, -0.2) is 4.79 Å². The number of carboxylic acid groups (broad SMARTS) is 1. The Morgan fingerprint density at radius 1 is 1.25 bits per heavy atom. The SMILES string of the molecule is CCN(CC)C(=O)COc1cccc(NC(=O)N2CC(C)CC(C(=O)O)C2)c1. The number of carbonyl (C=O) groups is 3. The summed E-state index contributed by atoms with van der Waals surface area (Å²) in [6.07, 6.45) is 0.572. The molecule has 0 bridgehead atoms. The Morgan fingerprint density at radius 3 is 2.61 bits per heavy atom. The maximum atomic E-state index is 12.5. The first kappa shape index (κ1) is 21.5. The molecule has 1 fully saturated rings. The summed E-state index contributed by atoms with van der Waals surface area (Å²) in [6.45, 7) is 7.66. The minimum atomic E-state index is -0.877. The number of likely N-dealkylation sites (tertiary alicyclic amines) is 1.